The fourth-order valence-electron chi connectivity index (χ4n) is 1.44. The maximum atomic E-state index is 5.74. The first-order chi connectivity index (χ1) is 8.72. The van der Waals surface area contributed by atoms with Crippen LogP contribution in [0.2, 0.25) is 0 Å². The molecule has 0 aliphatic rings. The van der Waals surface area contributed by atoms with Gasteiger partial charge in [0.25, 0.3) is 5.78 Å². The van der Waals surface area contributed by atoms with Crippen molar-refractivity contribution in [2.24, 2.45) is 0 Å². The lowest BCUT2D eigenvalue weighted by molar-refractivity contribution is 0.441. The van der Waals surface area contributed by atoms with Crippen molar-refractivity contribution in [3.8, 4) is 11.8 Å². The van der Waals surface area contributed by atoms with Gasteiger partial charge in [0.1, 0.15) is 5.75 Å². The molecule has 0 fully saturated rings. The molecule has 2 heterocycles. The molecule has 0 bridgehead atoms. The van der Waals surface area contributed by atoms with Crippen LogP contribution in [0.3, 0.4) is 0 Å². The van der Waals surface area contributed by atoms with E-state index in [0.29, 0.717) is 16.2 Å². The van der Waals surface area contributed by atoms with Crippen molar-refractivity contribution in [3.05, 3.63) is 30.3 Å². The molecule has 0 atom stereocenters. The van der Waals surface area contributed by atoms with Crippen LogP contribution in [0.25, 0.3) is 5.78 Å². The smallest absolute Gasteiger partial charge is 0.328 e. The molecule has 0 saturated heterocycles. The Balaban J connectivity index is 2.02. The topological polar surface area (TPSA) is 91.2 Å². The maximum Gasteiger partial charge on any atom is 0.328 e. The number of para-hydroxylation sites is 1. The molecule has 2 N–H and O–H groups in total. The van der Waals surface area contributed by atoms with Crippen LogP contribution in [0.4, 0.5) is 5.95 Å². The summed E-state index contributed by atoms with van der Waals surface area (Å²) < 4.78 is 7.33. The van der Waals surface area contributed by atoms with Crippen LogP contribution in [0, 0.1) is 0 Å². The summed E-state index contributed by atoms with van der Waals surface area (Å²) in [7, 11) is 0. The van der Waals surface area contributed by atoms with Crippen molar-refractivity contribution in [1.29, 1.82) is 0 Å². The standard InChI is InChI=1S/C10H7N6O.Al/c11-8-14-10(15-9-12-6-13-16(8)9)17-7-4-2-1-3-5-7;/h1-5H,(H2,11,12,13,14,15);. The normalized spacial score (nSPS) is 10.7. The molecule has 86 valence electrons. The third-order valence-electron chi connectivity index (χ3n) is 2.18. The lowest BCUT2D eigenvalue weighted by atomic mass is 10.3. The summed E-state index contributed by atoms with van der Waals surface area (Å²) in [5, 5.41) is 4.02. The van der Waals surface area contributed by atoms with Crippen molar-refractivity contribution in [2.75, 3.05) is 5.73 Å². The number of nitrogens with two attached hydrogens (primary N) is 1. The van der Waals surface area contributed by atoms with Gasteiger partial charge in [0, 0.05) is 4.69 Å². The fraction of sp³-hybridized carbons (Fsp3) is 0. The number of ether oxygens (including phenoxy) is 1. The molecular formula is C10H7AlN6O. The molecule has 2 aromatic heterocycles. The van der Waals surface area contributed by atoms with Gasteiger partial charge in [-0.1, -0.05) is 18.2 Å². The highest BCUT2D eigenvalue weighted by Gasteiger charge is 2.09. The van der Waals surface area contributed by atoms with E-state index < -0.39 is 0 Å². The van der Waals surface area contributed by atoms with Crippen LogP contribution in [-0.4, -0.2) is 40.9 Å². The van der Waals surface area contributed by atoms with Crippen LogP contribution < -0.4 is 15.2 Å². The fourth-order valence-corrected chi connectivity index (χ4v) is 1.67. The highest BCUT2D eigenvalue weighted by Crippen LogP contribution is 2.17. The molecule has 0 aliphatic heterocycles. The molecule has 1 aromatic carbocycles. The van der Waals surface area contributed by atoms with Gasteiger partial charge in [-0.2, -0.15) is 19.6 Å². The molecular weight excluding hydrogens is 247 g/mol. The van der Waals surface area contributed by atoms with E-state index in [-0.39, 0.29) is 12.0 Å². The van der Waals surface area contributed by atoms with Crippen molar-refractivity contribution in [2.45, 2.75) is 0 Å². The van der Waals surface area contributed by atoms with Crippen molar-refractivity contribution in [1.82, 2.24) is 24.6 Å². The minimum Gasteiger partial charge on any atom is -0.424 e. The molecule has 0 aliphatic carbocycles. The molecule has 7 nitrogen and oxygen atoms in total. The number of hydrogen-bond acceptors (Lipinski definition) is 6. The molecule has 0 amide bonds. The van der Waals surface area contributed by atoms with Crippen LogP contribution in [0.5, 0.6) is 11.8 Å². The number of rotatable bonds is 2. The first-order valence-corrected chi connectivity index (χ1v) is 5.69. The minimum atomic E-state index is 0.142. The highest BCUT2D eigenvalue weighted by molar-refractivity contribution is 6.29. The van der Waals surface area contributed by atoms with Crippen LogP contribution >= 0.6 is 0 Å². The van der Waals surface area contributed by atoms with Crippen molar-refractivity contribution >= 4 is 32.7 Å². The van der Waals surface area contributed by atoms with Gasteiger partial charge in [-0.25, -0.2) is 4.98 Å². The van der Waals surface area contributed by atoms with E-state index in [4.69, 9.17) is 10.5 Å². The predicted octanol–water partition coefficient (Wildman–Crippen LogP) is -0.312. The quantitative estimate of drug-likeness (QED) is 0.630. The second kappa shape index (κ2) is 4.25. The first kappa shape index (κ1) is 11.0. The van der Waals surface area contributed by atoms with Gasteiger partial charge in [-0.15, -0.1) is 0 Å². The lowest BCUT2D eigenvalue weighted by Crippen LogP contribution is -2.09. The second-order valence-corrected chi connectivity index (χ2v) is 3.98. The number of aromatic nitrogens is 5. The zero-order valence-electron chi connectivity index (χ0n) is 9.19. The summed E-state index contributed by atoms with van der Waals surface area (Å²) in [4.78, 5) is 12.2. The Morgan fingerprint density at radius 1 is 1.11 bits per heavy atom. The summed E-state index contributed by atoms with van der Waals surface area (Å²) in [6.07, 6.45) is 0. The maximum absolute atomic E-state index is 5.74. The van der Waals surface area contributed by atoms with Gasteiger partial charge >= 0.3 is 6.01 Å². The molecule has 0 unspecified atom stereocenters. The van der Waals surface area contributed by atoms with Crippen molar-refractivity contribution in [3.63, 3.8) is 0 Å². The van der Waals surface area contributed by atoms with Gasteiger partial charge in [0.15, 0.2) is 0 Å². The van der Waals surface area contributed by atoms with E-state index in [1.54, 1.807) is 12.1 Å². The monoisotopic (exact) mass is 254 g/mol. The zero-order chi connectivity index (χ0) is 12.5. The Hall–Kier alpha value is -2.17. The van der Waals surface area contributed by atoms with Crippen LogP contribution in [0.1, 0.15) is 0 Å². The number of nitrogen functional groups attached to an aromatic ring is 1. The summed E-state index contributed by atoms with van der Waals surface area (Å²) in [6, 6.07) is 9.35. The molecule has 2 radical (unpaired) electrons. The summed E-state index contributed by atoms with van der Waals surface area (Å²) in [6.45, 7) is 0. The predicted molar refractivity (Wildman–Crippen MR) is 64.9 cm³/mol. The molecule has 3 rings (SSSR count). The van der Waals surface area contributed by atoms with Gasteiger partial charge in [-0.05, 0) is 12.1 Å². The molecule has 8 heteroatoms. The Bertz CT molecular complexity index is 698. The zero-order valence-corrected chi connectivity index (χ0v) is 10.3. The van der Waals surface area contributed by atoms with E-state index >= 15 is 0 Å². The van der Waals surface area contributed by atoms with Gasteiger partial charge in [0.2, 0.25) is 22.2 Å². The molecule has 0 spiro atoms. The third kappa shape index (κ3) is 1.99. The molecule has 0 saturated carbocycles. The van der Waals surface area contributed by atoms with Gasteiger partial charge in [-0.3, -0.25) is 0 Å². The van der Waals surface area contributed by atoms with E-state index in [1.807, 2.05) is 18.2 Å². The van der Waals surface area contributed by atoms with E-state index in [9.17, 15) is 0 Å². The summed E-state index contributed by atoms with van der Waals surface area (Å²) >= 11 is 2.37. The third-order valence-corrected chi connectivity index (χ3v) is 2.43. The SMILES string of the molecule is Nc1nc(Oc2ccccc2)nc2n[c]([Al])nn12. The number of nitrogens with zero attached hydrogens (tertiary/aromatic N) is 5. The molecule has 3 aromatic rings. The van der Waals surface area contributed by atoms with Gasteiger partial charge in [0.05, 0.1) is 0 Å². The Kier molecular flexibility index (Phi) is 2.59. The van der Waals surface area contributed by atoms with Crippen LogP contribution in [0.15, 0.2) is 30.3 Å². The Morgan fingerprint density at radius 2 is 1.89 bits per heavy atom. The minimum absolute atomic E-state index is 0.142. The van der Waals surface area contributed by atoms with Gasteiger partial charge < -0.3 is 10.5 Å². The highest BCUT2D eigenvalue weighted by atomic mass is 27.0. The number of fused-ring (bicyclic) bond motifs is 1. The number of hydrogen-bond donors (Lipinski definition) is 1. The van der Waals surface area contributed by atoms with Crippen molar-refractivity contribution < 1.29 is 4.74 Å². The average Bonchev–Trinajstić information content (AvgIpc) is 2.72. The lowest BCUT2D eigenvalue weighted by Gasteiger charge is -2.04. The largest absolute Gasteiger partial charge is 0.424 e. The average molecular weight is 254 g/mol. The number of benzene rings is 1. The van der Waals surface area contributed by atoms with E-state index in [2.05, 4.69) is 36.3 Å². The Labute approximate surface area is 110 Å². The Morgan fingerprint density at radius 3 is 2.67 bits per heavy atom. The van der Waals surface area contributed by atoms with E-state index in [1.165, 1.54) is 4.52 Å². The second-order valence-electron chi connectivity index (χ2n) is 3.46. The number of anilines is 1. The van der Waals surface area contributed by atoms with Crippen LogP contribution in [-0.2, 0) is 0 Å². The summed E-state index contributed by atoms with van der Waals surface area (Å²) in [5.74, 6) is 1.15. The summed E-state index contributed by atoms with van der Waals surface area (Å²) in [5.41, 5.74) is 5.74. The first-order valence-electron chi connectivity index (χ1n) is 5.11. The van der Waals surface area contributed by atoms with E-state index in [0.717, 1.165) is 0 Å². The molecule has 18 heavy (non-hydrogen) atoms.